The molecule has 0 bridgehead atoms. The number of hydrogen-bond acceptors (Lipinski definition) is 2. The van der Waals surface area contributed by atoms with Gasteiger partial charge in [-0.05, 0) is 62.4 Å². The van der Waals surface area contributed by atoms with Gasteiger partial charge in [-0.25, -0.2) is 0 Å². The molecule has 0 aromatic rings. The summed E-state index contributed by atoms with van der Waals surface area (Å²) in [5.74, 6) is 3.62. The number of likely N-dealkylation sites (tertiary alicyclic amines) is 1. The van der Waals surface area contributed by atoms with Crippen LogP contribution in [0.15, 0.2) is 0 Å². The van der Waals surface area contributed by atoms with Crippen LogP contribution >= 0.6 is 0 Å². The van der Waals surface area contributed by atoms with Gasteiger partial charge in [0.05, 0.1) is 0 Å². The summed E-state index contributed by atoms with van der Waals surface area (Å²) in [5, 5.41) is 3.85. The first-order chi connectivity index (χ1) is 9.63. The Balaban J connectivity index is 1.91. The molecule has 0 aromatic heterocycles. The van der Waals surface area contributed by atoms with E-state index >= 15 is 0 Å². The third-order valence-corrected chi connectivity index (χ3v) is 5.75. The van der Waals surface area contributed by atoms with Crippen LogP contribution in [0.4, 0.5) is 0 Å². The van der Waals surface area contributed by atoms with Gasteiger partial charge in [-0.15, -0.1) is 0 Å². The first-order valence-corrected chi connectivity index (χ1v) is 9.09. The van der Waals surface area contributed by atoms with E-state index in [2.05, 4.69) is 37.9 Å². The van der Waals surface area contributed by atoms with Crippen LogP contribution in [0.3, 0.4) is 0 Å². The van der Waals surface area contributed by atoms with E-state index in [1.165, 1.54) is 58.3 Å². The van der Waals surface area contributed by atoms with E-state index in [1.807, 2.05) is 0 Å². The first kappa shape index (κ1) is 16.3. The Morgan fingerprint density at radius 3 is 2.60 bits per heavy atom. The standard InChI is InChI=1S/C18H36N2/c1-5-8-19-18-11-14(3)10-15(4)17(18)13-20-9-7-16(6-2)12-20/h14-19H,5-13H2,1-4H3. The van der Waals surface area contributed by atoms with E-state index < -0.39 is 0 Å². The lowest BCUT2D eigenvalue weighted by Crippen LogP contribution is -2.49. The zero-order valence-corrected chi connectivity index (χ0v) is 14.2. The summed E-state index contributed by atoms with van der Waals surface area (Å²) >= 11 is 0. The van der Waals surface area contributed by atoms with Crippen LogP contribution in [0, 0.1) is 23.7 Å². The van der Waals surface area contributed by atoms with Gasteiger partial charge in [0.1, 0.15) is 0 Å². The molecule has 5 atom stereocenters. The van der Waals surface area contributed by atoms with Crippen molar-refractivity contribution in [2.24, 2.45) is 23.7 Å². The molecule has 5 unspecified atom stereocenters. The van der Waals surface area contributed by atoms with Crippen molar-refractivity contribution in [3.05, 3.63) is 0 Å². The molecule has 1 saturated heterocycles. The zero-order valence-electron chi connectivity index (χ0n) is 14.2. The van der Waals surface area contributed by atoms with Crippen molar-refractivity contribution in [3.63, 3.8) is 0 Å². The summed E-state index contributed by atoms with van der Waals surface area (Å²) in [6.07, 6.45) is 6.88. The summed E-state index contributed by atoms with van der Waals surface area (Å²) in [7, 11) is 0. The maximum atomic E-state index is 3.85. The minimum atomic E-state index is 0.759. The van der Waals surface area contributed by atoms with Crippen LogP contribution < -0.4 is 5.32 Å². The molecule has 0 amide bonds. The second-order valence-electron chi connectivity index (χ2n) is 7.60. The van der Waals surface area contributed by atoms with Gasteiger partial charge in [-0.2, -0.15) is 0 Å². The Morgan fingerprint density at radius 2 is 1.95 bits per heavy atom. The molecule has 20 heavy (non-hydrogen) atoms. The molecule has 0 aromatic carbocycles. The average molecular weight is 280 g/mol. The highest BCUT2D eigenvalue weighted by Crippen LogP contribution is 2.35. The fourth-order valence-corrected chi connectivity index (χ4v) is 4.49. The van der Waals surface area contributed by atoms with Crippen LogP contribution in [0.25, 0.3) is 0 Å². The second kappa shape index (κ2) is 7.79. The molecule has 0 spiro atoms. The fourth-order valence-electron chi connectivity index (χ4n) is 4.49. The molecule has 2 nitrogen and oxygen atoms in total. The summed E-state index contributed by atoms with van der Waals surface area (Å²) < 4.78 is 0. The van der Waals surface area contributed by atoms with Gasteiger partial charge in [0, 0.05) is 19.1 Å². The molecule has 2 rings (SSSR count). The predicted molar refractivity (Wildman–Crippen MR) is 88.0 cm³/mol. The highest BCUT2D eigenvalue weighted by Gasteiger charge is 2.35. The lowest BCUT2D eigenvalue weighted by atomic mass is 9.72. The topological polar surface area (TPSA) is 15.3 Å². The van der Waals surface area contributed by atoms with E-state index in [-0.39, 0.29) is 0 Å². The summed E-state index contributed by atoms with van der Waals surface area (Å²) in [5.41, 5.74) is 0. The van der Waals surface area contributed by atoms with E-state index in [9.17, 15) is 0 Å². The summed E-state index contributed by atoms with van der Waals surface area (Å²) in [4.78, 5) is 2.76. The van der Waals surface area contributed by atoms with Crippen LogP contribution in [0.5, 0.6) is 0 Å². The largest absolute Gasteiger partial charge is 0.314 e. The highest BCUT2D eigenvalue weighted by atomic mass is 15.2. The van der Waals surface area contributed by atoms with Crippen molar-refractivity contribution in [2.45, 2.75) is 65.8 Å². The number of nitrogens with zero attached hydrogens (tertiary/aromatic N) is 1. The quantitative estimate of drug-likeness (QED) is 0.797. The lowest BCUT2D eigenvalue weighted by Gasteiger charge is -2.42. The number of nitrogens with one attached hydrogen (secondary N) is 1. The molecule has 2 fully saturated rings. The molecule has 1 aliphatic carbocycles. The predicted octanol–water partition coefficient (Wildman–Crippen LogP) is 3.77. The van der Waals surface area contributed by atoms with Gasteiger partial charge in [-0.3, -0.25) is 0 Å². The molecule has 1 heterocycles. The van der Waals surface area contributed by atoms with Crippen molar-refractivity contribution >= 4 is 0 Å². The maximum Gasteiger partial charge on any atom is 0.0113 e. The molecular weight excluding hydrogens is 244 g/mol. The molecular formula is C18H36N2. The smallest absolute Gasteiger partial charge is 0.0113 e. The maximum absolute atomic E-state index is 3.85. The van der Waals surface area contributed by atoms with Crippen LogP contribution in [0.2, 0.25) is 0 Å². The van der Waals surface area contributed by atoms with E-state index in [0.29, 0.717) is 0 Å². The fraction of sp³-hybridized carbons (Fsp3) is 1.00. The van der Waals surface area contributed by atoms with Crippen molar-refractivity contribution < 1.29 is 0 Å². The summed E-state index contributed by atoms with van der Waals surface area (Å²) in [6, 6.07) is 0.759. The lowest BCUT2D eigenvalue weighted by molar-refractivity contribution is 0.109. The Morgan fingerprint density at radius 1 is 1.15 bits per heavy atom. The Hall–Kier alpha value is -0.0800. The molecule has 1 aliphatic heterocycles. The Kier molecular flexibility index (Phi) is 6.35. The van der Waals surface area contributed by atoms with Crippen LogP contribution in [-0.2, 0) is 0 Å². The van der Waals surface area contributed by atoms with Gasteiger partial charge >= 0.3 is 0 Å². The number of rotatable bonds is 6. The minimum absolute atomic E-state index is 0.759. The van der Waals surface area contributed by atoms with Gasteiger partial charge < -0.3 is 10.2 Å². The minimum Gasteiger partial charge on any atom is -0.314 e. The van der Waals surface area contributed by atoms with Gasteiger partial charge in [0.25, 0.3) is 0 Å². The van der Waals surface area contributed by atoms with Crippen molar-refractivity contribution in [3.8, 4) is 0 Å². The van der Waals surface area contributed by atoms with Crippen LogP contribution in [0.1, 0.15) is 59.8 Å². The average Bonchev–Trinajstić information content (AvgIpc) is 2.87. The SMILES string of the molecule is CCCNC1CC(C)CC(C)C1CN1CCC(CC)C1. The van der Waals surface area contributed by atoms with Crippen molar-refractivity contribution in [1.29, 1.82) is 0 Å². The third kappa shape index (κ3) is 4.21. The molecule has 1 saturated carbocycles. The van der Waals surface area contributed by atoms with Crippen molar-refractivity contribution in [1.82, 2.24) is 10.2 Å². The first-order valence-electron chi connectivity index (χ1n) is 9.09. The second-order valence-corrected chi connectivity index (χ2v) is 7.60. The Labute approximate surface area is 126 Å². The zero-order chi connectivity index (χ0) is 14.5. The molecule has 2 heteroatoms. The van der Waals surface area contributed by atoms with E-state index in [4.69, 9.17) is 0 Å². The summed E-state index contributed by atoms with van der Waals surface area (Å²) in [6.45, 7) is 14.8. The van der Waals surface area contributed by atoms with Crippen molar-refractivity contribution in [2.75, 3.05) is 26.2 Å². The van der Waals surface area contributed by atoms with E-state index in [0.717, 1.165) is 29.7 Å². The number of hydrogen-bond donors (Lipinski definition) is 1. The van der Waals surface area contributed by atoms with Gasteiger partial charge in [0.15, 0.2) is 0 Å². The molecule has 2 aliphatic rings. The highest BCUT2D eigenvalue weighted by molar-refractivity contribution is 4.90. The molecule has 1 N–H and O–H groups in total. The monoisotopic (exact) mass is 280 g/mol. The van der Waals surface area contributed by atoms with Gasteiger partial charge in [-0.1, -0.05) is 34.1 Å². The van der Waals surface area contributed by atoms with E-state index in [1.54, 1.807) is 0 Å². The normalized spacial score (nSPS) is 39.3. The van der Waals surface area contributed by atoms with Gasteiger partial charge in [0.2, 0.25) is 0 Å². The third-order valence-electron chi connectivity index (χ3n) is 5.75. The molecule has 118 valence electrons. The van der Waals surface area contributed by atoms with Crippen LogP contribution in [-0.4, -0.2) is 37.1 Å². The molecule has 0 radical (unpaired) electrons. The Bertz CT molecular complexity index is 279.